The summed E-state index contributed by atoms with van der Waals surface area (Å²) in [5.41, 5.74) is 0. The van der Waals surface area contributed by atoms with E-state index in [1.165, 1.54) is 0 Å². The van der Waals surface area contributed by atoms with Crippen molar-refractivity contribution in [2.45, 2.75) is 30.5 Å². The Kier molecular flexibility index (Phi) is 8.97. The second kappa shape index (κ2) is 7.92. The van der Waals surface area contributed by atoms with Gasteiger partial charge in [0, 0.05) is 0 Å². The molecule has 0 aromatic rings. The van der Waals surface area contributed by atoms with Crippen LogP contribution in [0.25, 0.3) is 0 Å². The Labute approximate surface area is 101 Å². The first kappa shape index (κ1) is 18.1. The zero-order valence-electron chi connectivity index (χ0n) is 7.93. The molecule has 16 heavy (non-hydrogen) atoms. The first-order valence-electron chi connectivity index (χ1n) is 4.05. The predicted molar refractivity (Wildman–Crippen MR) is 42.1 cm³/mol. The molecule has 0 amide bonds. The Morgan fingerprint density at radius 2 is 1.44 bits per heavy atom. The number of carboxylic acids is 1. The van der Waals surface area contributed by atoms with Gasteiger partial charge in [0.25, 0.3) is 0 Å². The Morgan fingerprint density at radius 3 is 1.75 bits per heavy atom. The van der Waals surface area contributed by atoms with Gasteiger partial charge in [0.1, 0.15) is 30.5 Å². The van der Waals surface area contributed by atoms with Gasteiger partial charge in [-0.15, -0.1) is 0 Å². The molecule has 0 fully saturated rings. The van der Waals surface area contributed by atoms with Crippen LogP contribution in [-0.2, 0) is 21.6 Å². The number of aliphatic carboxylic acids is 1. The van der Waals surface area contributed by atoms with E-state index in [9.17, 15) is 9.90 Å². The van der Waals surface area contributed by atoms with E-state index in [0.717, 1.165) is 0 Å². The average molecular weight is 284 g/mol. The molecule has 0 unspecified atom stereocenters. The third-order valence-electron chi connectivity index (χ3n) is 1.85. The average Bonchev–Trinajstić information content (AvgIpc) is 2.23. The van der Waals surface area contributed by atoms with Crippen LogP contribution in [0, 0.1) is 0 Å². The number of carbonyl (C=O) groups excluding carboxylic acids is 1. The maximum atomic E-state index is 10.1. The first-order chi connectivity index (χ1) is 6.82. The van der Waals surface area contributed by atoms with E-state index in [1.807, 2.05) is 0 Å². The molecule has 0 aliphatic heterocycles. The van der Waals surface area contributed by atoms with Gasteiger partial charge in [-0.25, -0.2) is 0 Å². The van der Waals surface area contributed by atoms with E-state index in [0.29, 0.717) is 0 Å². The largest absolute Gasteiger partial charge is 2.00 e. The Morgan fingerprint density at radius 1 is 1.00 bits per heavy atom. The molecular weight excluding hydrogens is 271 g/mol. The Bertz CT molecular complexity index is 213. The number of rotatable bonds is 6. The molecule has 97 valence electrons. The standard InChI is InChI=1S/C7H14O8.Co/c8-1-2(9)3(10)4(11)5(12)6(13)7(14)15;/h2-6,8-13H,1H2,(H,14,15);/q;+2/p-1/t2-,3-,4+,5-,6+;/m1./s1. The van der Waals surface area contributed by atoms with Crippen LogP contribution in [-0.4, -0.2) is 73.7 Å². The van der Waals surface area contributed by atoms with E-state index in [2.05, 4.69) is 0 Å². The van der Waals surface area contributed by atoms with Crippen LogP contribution in [0.4, 0.5) is 0 Å². The van der Waals surface area contributed by atoms with Gasteiger partial charge in [0.2, 0.25) is 0 Å². The van der Waals surface area contributed by atoms with Crippen molar-refractivity contribution in [3.63, 3.8) is 0 Å². The number of carbonyl (C=O) groups is 1. The molecule has 0 saturated heterocycles. The molecule has 0 aliphatic carbocycles. The molecule has 6 N–H and O–H groups in total. The number of hydrogen-bond acceptors (Lipinski definition) is 8. The maximum absolute atomic E-state index is 10.1. The van der Waals surface area contributed by atoms with E-state index in [-0.39, 0.29) is 16.8 Å². The summed E-state index contributed by atoms with van der Waals surface area (Å²) in [6, 6.07) is 0. The Balaban J connectivity index is 0. The van der Waals surface area contributed by atoms with E-state index >= 15 is 0 Å². The first-order valence-corrected chi connectivity index (χ1v) is 4.05. The summed E-state index contributed by atoms with van der Waals surface area (Å²) in [7, 11) is 0. The third-order valence-corrected chi connectivity index (χ3v) is 1.85. The molecule has 0 heterocycles. The summed E-state index contributed by atoms with van der Waals surface area (Å²) in [6.07, 6.45) is -10.5. The van der Waals surface area contributed by atoms with Crippen LogP contribution in [0.1, 0.15) is 0 Å². The molecule has 0 spiro atoms. The smallest absolute Gasteiger partial charge is 0.547 e. The van der Waals surface area contributed by atoms with Crippen LogP contribution in [0.3, 0.4) is 0 Å². The monoisotopic (exact) mass is 284 g/mol. The molecule has 8 nitrogen and oxygen atoms in total. The second-order valence-electron chi connectivity index (χ2n) is 2.99. The van der Waals surface area contributed by atoms with E-state index in [4.69, 9.17) is 30.6 Å². The molecule has 9 heteroatoms. The fraction of sp³-hybridized carbons (Fsp3) is 0.857. The minimum absolute atomic E-state index is 0. The topological polar surface area (TPSA) is 162 Å². The van der Waals surface area contributed by atoms with E-state index in [1.54, 1.807) is 0 Å². The van der Waals surface area contributed by atoms with Crippen molar-refractivity contribution >= 4 is 5.97 Å². The minimum Gasteiger partial charge on any atom is -0.547 e. The number of hydrogen-bond donors (Lipinski definition) is 6. The van der Waals surface area contributed by atoms with Gasteiger partial charge in [0.05, 0.1) is 12.6 Å². The van der Waals surface area contributed by atoms with Crippen LogP contribution in [0.5, 0.6) is 0 Å². The van der Waals surface area contributed by atoms with Gasteiger partial charge < -0.3 is 40.5 Å². The maximum Gasteiger partial charge on any atom is 2.00 e. The molecule has 5 atom stereocenters. The van der Waals surface area contributed by atoms with E-state index < -0.39 is 43.1 Å². The molecule has 0 saturated carbocycles. The molecule has 0 rings (SSSR count). The van der Waals surface area contributed by atoms with Gasteiger partial charge in [-0.3, -0.25) is 0 Å². The van der Waals surface area contributed by atoms with Crippen molar-refractivity contribution in [1.29, 1.82) is 0 Å². The zero-order chi connectivity index (χ0) is 12.2. The second-order valence-corrected chi connectivity index (χ2v) is 2.99. The van der Waals surface area contributed by atoms with Crippen LogP contribution < -0.4 is 5.11 Å². The summed E-state index contributed by atoms with van der Waals surface area (Å²) in [5.74, 6) is -2.03. The predicted octanol–water partition coefficient (Wildman–Crippen LogP) is -5.47. The Hall–Kier alpha value is -0.264. The van der Waals surface area contributed by atoms with Gasteiger partial charge in [0.15, 0.2) is 0 Å². The molecule has 0 aliphatic rings. The fourth-order valence-electron chi connectivity index (χ4n) is 0.864. The van der Waals surface area contributed by atoms with Gasteiger partial charge in [-0.1, -0.05) is 0 Å². The molecule has 1 radical (unpaired) electrons. The summed E-state index contributed by atoms with van der Waals surface area (Å²) < 4.78 is 0. The summed E-state index contributed by atoms with van der Waals surface area (Å²) >= 11 is 0. The van der Waals surface area contributed by atoms with Gasteiger partial charge in [-0.2, -0.15) is 0 Å². The van der Waals surface area contributed by atoms with Crippen LogP contribution in [0.2, 0.25) is 0 Å². The normalized spacial score (nSPS) is 20.1. The van der Waals surface area contributed by atoms with Crippen LogP contribution in [0.15, 0.2) is 0 Å². The third kappa shape index (κ3) is 4.72. The fourth-order valence-corrected chi connectivity index (χ4v) is 0.864. The summed E-state index contributed by atoms with van der Waals surface area (Å²) in [4.78, 5) is 10.1. The van der Waals surface area contributed by atoms with Gasteiger partial charge >= 0.3 is 16.8 Å². The minimum atomic E-state index is -2.40. The quantitative estimate of drug-likeness (QED) is 0.281. The zero-order valence-corrected chi connectivity index (χ0v) is 8.97. The van der Waals surface area contributed by atoms with Crippen molar-refractivity contribution in [2.75, 3.05) is 6.61 Å². The molecule has 0 bridgehead atoms. The molecular formula is C7H13CoO8+. The SMILES string of the molecule is O=C([O-])[C@@H](O)[C@H](O)[C@@H](O)[C@H](O)[C@H](O)CO.[Co+2]. The van der Waals surface area contributed by atoms with Crippen LogP contribution >= 0.6 is 0 Å². The van der Waals surface area contributed by atoms with Crippen molar-refractivity contribution < 1.29 is 57.3 Å². The van der Waals surface area contributed by atoms with Crippen molar-refractivity contribution in [3.8, 4) is 0 Å². The van der Waals surface area contributed by atoms with Crippen molar-refractivity contribution in [1.82, 2.24) is 0 Å². The molecule has 0 aromatic heterocycles. The van der Waals surface area contributed by atoms with Crippen molar-refractivity contribution in [3.05, 3.63) is 0 Å². The van der Waals surface area contributed by atoms with Crippen molar-refractivity contribution in [2.24, 2.45) is 0 Å². The molecule has 0 aromatic carbocycles. The number of carboxylic acid groups (broad SMARTS) is 1. The summed E-state index contributed by atoms with van der Waals surface area (Å²) in [6.45, 7) is -0.896. The number of aliphatic hydroxyl groups excluding tert-OH is 6. The number of aliphatic hydroxyl groups is 6. The van der Waals surface area contributed by atoms with Gasteiger partial charge in [-0.05, 0) is 0 Å². The summed E-state index contributed by atoms with van der Waals surface area (Å²) in [5, 5.41) is 63.2.